The minimum atomic E-state index is 0.596. The Morgan fingerprint density at radius 2 is 1.95 bits per heavy atom. The highest BCUT2D eigenvalue weighted by Gasteiger charge is 2.14. The van der Waals surface area contributed by atoms with Crippen LogP contribution in [0.5, 0.6) is 0 Å². The van der Waals surface area contributed by atoms with Crippen molar-refractivity contribution in [3.05, 3.63) is 59.7 Å². The van der Waals surface area contributed by atoms with Crippen LogP contribution >= 0.6 is 0 Å². The summed E-state index contributed by atoms with van der Waals surface area (Å²) in [6.45, 7) is 3.04. The highest BCUT2D eigenvalue weighted by Crippen LogP contribution is 2.23. The van der Waals surface area contributed by atoms with E-state index in [-0.39, 0.29) is 0 Å². The second-order valence-corrected chi connectivity index (χ2v) is 6.01. The summed E-state index contributed by atoms with van der Waals surface area (Å²) in [7, 11) is 4.18. The molecule has 1 aliphatic rings. The summed E-state index contributed by atoms with van der Waals surface area (Å²) in [6, 6.07) is 6.23. The maximum absolute atomic E-state index is 4.37. The van der Waals surface area contributed by atoms with Crippen LogP contribution in [0.25, 0.3) is 11.0 Å². The normalized spacial score (nSPS) is 17.9. The number of nitrogens with one attached hydrogen (secondary N) is 1. The molecule has 1 aromatic heterocycles. The molecular formula is C18H22N4. The van der Waals surface area contributed by atoms with Crippen molar-refractivity contribution in [3.63, 3.8) is 0 Å². The zero-order valence-electron chi connectivity index (χ0n) is 13.4. The Bertz CT molecular complexity index is 731. The Morgan fingerprint density at radius 1 is 1.18 bits per heavy atom. The van der Waals surface area contributed by atoms with Crippen LogP contribution in [0, 0.1) is 5.92 Å². The van der Waals surface area contributed by atoms with Gasteiger partial charge in [0.05, 0.1) is 22.4 Å². The van der Waals surface area contributed by atoms with E-state index >= 15 is 0 Å². The fraction of sp³-hybridized carbons (Fsp3) is 0.333. The Hall–Kier alpha value is -2.36. The highest BCUT2D eigenvalue weighted by atomic mass is 15.1. The van der Waals surface area contributed by atoms with Crippen molar-refractivity contribution in [2.45, 2.75) is 19.9 Å². The van der Waals surface area contributed by atoms with Gasteiger partial charge in [0.2, 0.25) is 0 Å². The zero-order valence-corrected chi connectivity index (χ0v) is 13.4. The van der Waals surface area contributed by atoms with Crippen LogP contribution in [-0.4, -0.2) is 29.0 Å². The molecule has 22 heavy (non-hydrogen) atoms. The van der Waals surface area contributed by atoms with Crippen LogP contribution in [0.2, 0.25) is 0 Å². The number of nitrogens with zero attached hydrogens (tertiary/aromatic N) is 3. The second-order valence-electron chi connectivity index (χ2n) is 6.01. The van der Waals surface area contributed by atoms with Crippen molar-refractivity contribution in [3.8, 4) is 0 Å². The van der Waals surface area contributed by atoms with E-state index in [1.165, 1.54) is 17.0 Å². The van der Waals surface area contributed by atoms with E-state index < -0.39 is 0 Å². The van der Waals surface area contributed by atoms with Gasteiger partial charge in [0.1, 0.15) is 0 Å². The van der Waals surface area contributed by atoms with Gasteiger partial charge in [-0.25, -0.2) is 0 Å². The number of rotatable bonds is 4. The van der Waals surface area contributed by atoms with Gasteiger partial charge in [-0.15, -0.1) is 0 Å². The lowest BCUT2D eigenvalue weighted by Crippen LogP contribution is -2.25. The molecule has 1 N–H and O–H groups in total. The average Bonchev–Trinajstić information content (AvgIpc) is 2.53. The van der Waals surface area contributed by atoms with Gasteiger partial charge in [0.15, 0.2) is 0 Å². The SMILES string of the molecule is CC1C=C(N(C)C)C(NCc2ccc3nccnc3c2)=CC1. The van der Waals surface area contributed by atoms with Gasteiger partial charge in [-0.2, -0.15) is 0 Å². The number of likely N-dealkylation sites (N-methyl/N-ethyl adjacent to an activating group) is 1. The third-order valence-electron chi connectivity index (χ3n) is 3.91. The number of allylic oxidation sites excluding steroid dienone is 2. The molecule has 1 atom stereocenters. The smallest absolute Gasteiger partial charge is 0.0890 e. The maximum atomic E-state index is 4.37. The molecule has 0 aliphatic heterocycles. The van der Waals surface area contributed by atoms with Crippen LogP contribution in [0.1, 0.15) is 18.9 Å². The van der Waals surface area contributed by atoms with Gasteiger partial charge >= 0.3 is 0 Å². The van der Waals surface area contributed by atoms with Gasteiger partial charge < -0.3 is 10.2 Å². The summed E-state index contributed by atoms with van der Waals surface area (Å²) in [5.41, 5.74) is 5.56. The van der Waals surface area contributed by atoms with Crippen LogP contribution in [0.15, 0.2) is 54.1 Å². The van der Waals surface area contributed by atoms with E-state index in [0.717, 1.165) is 24.0 Å². The third kappa shape index (κ3) is 3.11. The van der Waals surface area contributed by atoms with Gasteiger partial charge in [0.25, 0.3) is 0 Å². The first kappa shape index (κ1) is 14.6. The predicted molar refractivity (Wildman–Crippen MR) is 90.0 cm³/mol. The number of hydrogen-bond donors (Lipinski definition) is 1. The quantitative estimate of drug-likeness (QED) is 0.941. The lowest BCUT2D eigenvalue weighted by Gasteiger charge is -2.26. The molecule has 0 radical (unpaired) electrons. The number of benzene rings is 1. The summed E-state index contributed by atoms with van der Waals surface area (Å²) in [5, 5.41) is 3.56. The molecular weight excluding hydrogens is 272 g/mol. The molecule has 1 aromatic carbocycles. The monoisotopic (exact) mass is 294 g/mol. The fourth-order valence-corrected chi connectivity index (χ4v) is 2.70. The van der Waals surface area contributed by atoms with Crippen molar-refractivity contribution in [2.24, 2.45) is 5.92 Å². The summed E-state index contributed by atoms with van der Waals surface area (Å²) < 4.78 is 0. The lowest BCUT2D eigenvalue weighted by molar-refractivity contribution is 0.490. The third-order valence-corrected chi connectivity index (χ3v) is 3.91. The van der Waals surface area contributed by atoms with E-state index in [4.69, 9.17) is 0 Å². The molecule has 114 valence electrons. The maximum Gasteiger partial charge on any atom is 0.0890 e. The number of fused-ring (bicyclic) bond motifs is 1. The van der Waals surface area contributed by atoms with E-state index in [2.05, 4.69) is 65.5 Å². The van der Waals surface area contributed by atoms with Gasteiger partial charge in [0, 0.05) is 33.0 Å². The predicted octanol–water partition coefficient (Wildman–Crippen LogP) is 3.09. The summed E-state index contributed by atoms with van der Waals surface area (Å²) in [6.07, 6.45) is 9.16. The molecule has 3 rings (SSSR count). The first-order valence-corrected chi connectivity index (χ1v) is 7.66. The molecule has 0 amide bonds. The molecule has 0 saturated heterocycles. The minimum absolute atomic E-state index is 0.596. The Labute approximate surface area is 131 Å². The summed E-state index contributed by atoms with van der Waals surface area (Å²) >= 11 is 0. The second kappa shape index (κ2) is 6.18. The molecule has 2 aromatic rings. The van der Waals surface area contributed by atoms with Gasteiger partial charge in [-0.1, -0.05) is 25.1 Å². The molecule has 0 bridgehead atoms. The molecule has 1 unspecified atom stereocenters. The Morgan fingerprint density at radius 3 is 2.73 bits per heavy atom. The molecule has 1 heterocycles. The van der Waals surface area contributed by atoms with Gasteiger partial charge in [-0.3, -0.25) is 9.97 Å². The molecule has 4 heteroatoms. The lowest BCUT2D eigenvalue weighted by atomic mass is 9.98. The highest BCUT2D eigenvalue weighted by molar-refractivity contribution is 5.74. The van der Waals surface area contributed by atoms with E-state index in [1.54, 1.807) is 12.4 Å². The standard InChI is InChI=1S/C18H22N4/c1-13-4-6-16(18(10-13)22(2)3)21-12-14-5-7-15-17(11-14)20-9-8-19-15/h5-11,13,21H,4,12H2,1-3H3. The van der Waals surface area contributed by atoms with Crippen LogP contribution < -0.4 is 5.32 Å². The molecule has 1 aliphatic carbocycles. The van der Waals surface area contributed by atoms with E-state index in [1.807, 2.05) is 6.07 Å². The summed E-state index contributed by atoms with van der Waals surface area (Å²) in [5.74, 6) is 0.596. The molecule has 4 nitrogen and oxygen atoms in total. The van der Waals surface area contributed by atoms with Crippen molar-refractivity contribution < 1.29 is 0 Å². The van der Waals surface area contributed by atoms with Gasteiger partial charge in [-0.05, 0) is 30.0 Å². The Balaban J connectivity index is 1.74. The first-order chi connectivity index (χ1) is 10.6. The van der Waals surface area contributed by atoms with Crippen LogP contribution in [0.3, 0.4) is 0 Å². The van der Waals surface area contributed by atoms with Crippen molar-refractivity contribution >= 4 is 11.0 Å². The average molecular weight is 294 g/mol. The molecule has 0 fully saturated rings. The largest absolute Gasteiger partial charge is 0.380 e. The fourth-order valence-electron chi connectivity index (χ4n) is 2.70. The van der Waals surface area contributed by atoms with Crippen molar-refractivity contribution in [1.29, 1.82) is 0 Å². The summed E-state index contributed by atoms with van der Waals surface area (Å²) in [4.78, 5) is 10.8. The molecule has 0 saturated carbocycles. The van der Waals surface area contributed by atoms with E-state index in [9.17, 15) is 0 Å². The van der Waals surface area contributed by atoms with E-state index in [0.29, 0.717) is 5.92 Å². The van der Waals surface area contributed by atoms with Crippen LogP contribution in [-0.2, 0) is 6.54 Å². The first-order valence-electron chi connectivity index (χ1n) is 7.66. The number of hydrogen-bond acceptors (Lipinski definition) is 4. The topological polar surface area (TPSA) is 41.0 Å². The number of aromatic nitrogens is 2. The van der Waals surface area contributed by atoms with Crippen molar-refractivity contribution in [2.75, 3.05) is 14.1 Å². The van der Waals surface area contributed by atoms with Crippen LogP contribution in [0.4, 0.5) is 0 Å². The van der Waals surface area contributed by atoms with Crippen molar-refractivity contribution in [1.82, 2.24) is 20.2 Å². The Kier molecular flexibility index (Phi) is 4.09. The zero-order chi connectivity index (χ0) is 15.5. The minimum Gasteiger partial charge on any atom is -0.380 e. The molecule has 0 spiro atoms.